The molecule has 6 heteroatoms. The Balaban J connectivity index is 1.35. The molecule has 0 radical (unpaired) electrons. The van der Waals surface area contributed by atoms with E-state index in [1.54, 1.807) is 0 Å². The molecule has 0 aliphatic carbocycles. The molecule has 1 saturated heterocycles. The first-order chi connectivity index (χ1) is 16.6. The zero-order chi connectivity index (χ0) is 23.8. The molecule has 0 bridgehead atoms. The van der Waals surface area contributed by atoms with E-state index in [4.69, 9.17) is 9.84 Å². The minimum absolute atomic E-state index is 0.0999. The summed E-state index contributed by atoms with van der Waals surface area (Å²) in [4.78, 5) is 15.0. The number of carbonyl (C=O) groups is 1. The first-order valence-electron chi connectivity index (χ1n) is 12.4. The van der Waals surface area contributed by atoms with Gasteiger partial charge in [0.25, 0.3) is 0 Å². The Kier molecular flexibility index (Phi) is 8.50. The summed E-state index contributed by atoms with van der Waals surface area (Å²) in [5, 5.41) is 8.03. The maximum atomic E-state index is 12.6. The molecule has 1 amide bonds. The van der Waals surface area contributed by atoms with Crippen LogP contribution in [0.4, 0.5) is 0 Å². The van der Waals surface area contributed by atoms with E-state index in [0.717, 1.165) is 55.8 Å². The number of nitrogens with one attached hydrogen (secondary N) is 1. The molecule has 180 valence electrons. The Bertz CT molecular complexity index is 1030. The van der Waals surface area contributed by atoms with E-state index >= 15 is 0 Å². The van der Waals surface area contributed by atoms with E-state index < -0.39 is 0 Å². The first kappa shape index (κ1) is 24.2. The number of likely N-dealkylation sites (tertiary alicyclic amines) is 1. The molecule has 3 aromatic rings. The van der Waals surface area contributed by atoms with Crippen molar-refractivity contribution in [1.82, 2.24) is 20.0 Å². The molecule has 1 N–H and O–H groups in total. The Labute approximate surface area is 202 Å². The molecule has 0 unspecified atom stereocenters. The lowest BCUT2D eigenvalue weighted by Crippen LogP contribution is -2.40. The third-order valence-corrected chi connectivity index (χ3v) is 6.28. The lowest BCUT2D eigenvalue weighted by Gasteiger charge is -2.31. The molecular weight excluding hydrogens is 424 g/mol. The summed E-state index contributed by atoms with van der Waals surface area (Å²) in [5.41, 5.74) is 4.42. The van der Waals surface area contributed by atoms with Crippen molar-refractivity contribution in [3.05, 3.63) is 72.4 Å². The third-order valence-electron chi connectivity index (χ3n) is 6.28. The molecule has 0 spiro atoms. The van der Waals surface area contributed by atoms with E-state index in [1.807, 2.05) is 42.8 Å². The van der Waals surface area contributed by atoms with E-state index in [0.29, 0.717) is 13.2 Å². The Morgan fingerprint density at radius 2 is 1.74 bits per heavy atom. The molecule has 1 aliphatic rings. The molecule has 34 heavy (non-hydrogen) atoms. The van der Waals surface area contributed by atoms with Crippen LogP contribution in [0.15, 0.2) is 66.9 Å². The van der Waals surface area contributed by atoms with Gasteiger partial charge in [-0.15, -0.1) is 0 Å². The zero-order valence-corrected chi connectivity index (χ0v) is 20.3. The highest BCUT2D eigenvalue weighted by molar-refractivity contribution is 5.78. The van der Waals surface area contributed by atoms with Crippen molar-refractivity contribution >= 4 is 5.91 Å². The summed E-state index contributed by atoms with van der Waals surface area (Å²) in [7, 11) is 0. The summed E-state index contributed by atoms with van der Waals surface area (Å²) in [6.07, 6.45) is 5.03. The number of rotatable bonds is 10. The summed E-state index contributed by atoms with van der Waals surface area (Å²) in [5.74, 6) is 0.286. The van der Waals surface area contributed by atoms with Crippen molar-refractivity contribution in [2.24, 2.45) is 5.92 Å². The van der Waals surface area contributed by atoms with Gasteiger partial charge in [-0.2, -0.15) is 5.10 Å². The van der Waals surface area contributed by atoms with Gasteiger partial charge >= 0.3 is 0 Å². The van der Waals surface area contributed by atoms with Gasteiger partial charge in [0.15, 0.2) is 0 Å². The number of nitrogens with zero attached hydrogens (tertiary/aromatic N) is 3. The zero-order valence-electron chi connectivity index (χ0n) is 20.3. The fraction of sp³-hybridized carbons (Fsp3) is 0.429. The third kappa shape index (κ3) is 6.55. The average molecular weight is 461 g/mol. The van der Waals surface area contributed by atoms with Crippen molar-refractivity contribution in [3.8, 4) is 16.9 Å². The van der Waals surface area contributed by atoms with Gasteiger partial charge in [0.2, 0.25) is 5.91 Å². The van der Waals surface area contributed by atoms with Crippen molar-refractivity contribution in [1.29, 1.82) is 0 Å². The number of carbonyl (C=O) groups excluding carboxylic acids is 1. The van der Waals surface area contributed by atoms with E-state index in [-0.39, 0.29) is 17.9 Å². The van der Waals surface area contributed by atoms with Crippen LogP contribution in [-0.4, -0.2) is 52.9 Å². The summed E-state index contributed by atoms with van der Waals surface area (Å²) < 4.78 is 7.52. The number of piperidine rings is 1. The fourth-order valence-corrected chi connectivity index (χ4v) is 4.42. The lowest BCUT2D eigenvalue weighted by atomic mass is 9.95. The van der Waals surface area contributed by atoms with Crippen LogP contribution in [0.3, 0.4) is 0 Å². The summed E-state index contributed by atoms with van der Waals surface area (Å²) in [6.45, 7) is 8.10. The number of para-hydroxylation sites is 1. The van der Waals surface area contributed by atoms with Crippen LogP contribution in [0.5, 0.6) is 0 Å². The first-order valence-corrected chi connectivity index (χ1v) is 12.4. The van der Waals surface area contributed by atoms with Crippen LogP contribution in [0, 0.1) is 5.92 Å². The number of hydrogen-bond donors (Lipinski definition) is 1. The molecule has 0 atom stereocenters. The van der Waals surface area contributed by atoms with E-state index in [1.165, 1.54) is 5.56 Å². The normalized spacial score (nSPS) is 15.0. The van der Waals surface area contributed by atoms with Crippen LogP contribution in [0.25, 0.3) is 16.9 Å². The standard InChI is InChI=1S/C28H36N4O2/c1-22(2)34-19-9-16-29-28(33)24-14-17-31(18-15-24)20-25-21-32(26-12-7-4-8-13-26)30-27(25)23-10-5-3-6-11-23/h3-8,10-13,21-22,24H,9,14-20H2,1-2H3,(H,29,33). The molecule has 6 nitrogen and oxygen atoms in total. The molecule has 1 fully saturated rings. The monoisotopic (exact) mass is 460 g/mol. The van der Waals surface area contributed by atoms with Crippen molar-refractivity contribution in [2.45, 2.75) is 45.8 Å². The number of ether oxygens (including phenoxy) is 1. The van der Waals surface area contributed by atoms with E-state index in [9.17, 15) is 4.79 Å². The highest BCUT2D eigenvalue weighted by atomic mass is 16.5. The highest BCUT2D eigenvalue weighted by Crippen LogP contribution is 2.27. The van der Waals surface area contributed by atoms with Gasteiger partial charge in [0.05, 0.1) is 17.5 Å². The van der Waals surface area contributed by atoms with Gasteiger partial charge < -0.3 is 10.1 Å². The fourth-order valence-electron chi connectivity index (χ4n) is 4.42. The Morgan fingerprint density at radius 3 is 2.41 bits per heavy atom. The van der Waals surface area contributed by atoms with Crippen molar-refractivity contribution in [2.75, 3.05) is 26.2 Å². The van der Waals surface area contributed by atoms with Crippen molar-refractivity contribution in [3.63, 3.8) is 0 Å². The Hall–Kier alpha value is -2.96. The quantitative estimate of drug-likeness (QED) is 0.446. The number of aromatic nitrogens is 2. The van der Waals surface area contributed by atoms with Crippen LogP contribution in [-0.2, 0) is 16.1 Å². The predicted octanol–water partition coefficient (Wildman–Crippen LogP) is 4.68. The Morgan fingerprint density at radius 1 is 1.06 bits per heavy atom. The van der Waals surface area contributed by atoms with E-state index in [2.05, 4.69) is 52.8 Å². The second-order valence-electron chi connectivity index (χ2n) is 9.26. The van der Waals surface area contributed by atoms with Gasteiger partial charge in [-0.25, -0.2) is 4.68 Å². The van der Waals surface area contributed by atoms with Crippen molar-refractivity contribution < 1.29 is 9.53 Å². The number of amides is 1. The van der Waals surface area contributed by atoms with Crippen LogP contribution in [0.2, 0.25) is 0 Å². The molecule has 2 heterocycles. The number of hydrogen-bond acceptors (Lipinski definition) is 4. The minimum Gasteiger partial charge on any atom is -0.379 e. The molecule has 2 aromatic carbocycles. The highest BCUT2D eigenvalue weighted by Gasteiger charge is 2.26. The topological polar surface area (TPSA) is 59.4 Å². The van der Waals surface area contributed by atoms with Gasteiger partial charge in [-0.05, 0) is 58.3 Å². The van der Waals surface area contributed by atoms with Gasteiger partial charge in [0.1, 0.15) is 0 Å². The van der Waals surface area contributed by atoms with Gasteiger partial charge in [-0.3, -0.25) is 9.69 Å². The van der Waals surface area contributed by atoms with Crippen LogP contribution < -0.4 is 5.32 Å². The van der Waals surface area contributed by atoms with Gasteiger partial charge in [0, 0.05) is 42.9 Å². The second-order valence-corrected chi connectivity index (χ2v) is 9.26. The predicted molar refractivity (Wildman–Crippen MR) is 136 cm³/mol. The van der Waals surface area contributed by atoms with Crippen LogP contribution >= 0.6 is 0 Å². The van der Waals surface area contributed by atoms with Gasteiger partial charge in [-0.1, -0.05) is 48.5 Å². The SMILES string of the molecule is CC(C)OCCCNC(=O)C1CCN(Cc2cn(-c3ccccc3)nc2-c2ccccc2)CC1. The largest absolute Gasteiger partial charge is 0.379 e. The molecule has 4 rings (SSSR count). The summed E-state index contributed by atoms with van der Waals surface area (Å²) >= 11 is 0. The molecule has 1 aliphatic heterocycles. The molecule has 0 saturated carbocycles. The molecule has 1 aromatic heterocycles. The lowest BCUT2D eigenvalue weighted by molar-refractivity contribution is -0.126. The minimum atomic E-state index is 0.0999. The second kappa shape index (κ2) is 12.0. The molecular formula is C28H36N4O2. The maximum Gasteiger partial charge on any atom is 0.223 e. The number of benzene rings is 2. The average Bonchev–Trinajstić information content (AvgIpc) is 3.29. The summed E-state index contributed by atoms with van der Waals surface area (Å²) in [6, 6.07) is 20.6. The smallest absolute Gasteiger partial charge is 0.223 e. The maximum absolute atomic E-state index is 12.6. The van der Waals surface area contributed by atoms with Crippen LogP contribution in [0.1, 0.15) is 38.7 Å².